The molecule has 5 heteroatoms. The van der Waals surface area contributed by atoms with E-state index in [4.69, 9.17) is 5.73 Å². The van der Waals surface area contributed by atoms with Crippen molar-refractivity contribution in [2.24, 2.45) is 5.41 Å². The van der Waals surface area contributed by atoms with Crippen LogP contribution in [0, 0.1) is 5.41 Å². The normalized spacial score (nSPS) is 23.2. The van der Waals surface area contributed by atoms with Crippen LogP contribution in [0.3, 0.4) is 0 Å². The molecular weight excluding hydrogens is 260 g/mol. The Kier molecular flexibility index (Phi) is 3.87. The number of nitrogen functional groups attached to an aromatic ring is 1. The average Bonchev–Trinajstić information content (AvgIpc) is 2.32. The van der Waals surface area contributed by atoms with Crippen LogP contribution < -0.4 is 10.5 Å². The third kappa shape index (κ3) is 3.28. The Morgan fingerprint density at radius 2 is 1.84 bits per heavy atom. The fourth-order valence-electron chi connectivity index (χ4n) is 2.61. The smallest absolute Gasteiger partial charge is 0.240 e. The lowest BCUT2D eigenvalue weighted by atomic mass is 9.74. The first-order chi connectivity index (χ1) is 8.81. The number of rotatable bonds is 3. The van der Waals surface area contributed by atoms with Crippen LogP contribution in [-0.2, 0) is 10.0 Å². The number of nitrogens with one attached hydrogen (secondary N) is 1. The summed E-state index contributed by atoms with van der Waals surface area (Å²) in [7, 11) is -3.45. The van der Waals surface area contributed by atoms with Crippen molar-refractivity contribution in [3.8, 4) is 0 Å². The lowest BCUT2D eigenvalue weighted by Gasteiger charge is -2.38. The standard InChI is InChI=1S/C14H22N2O2S/c1-14(2)10-4-3-5-13(14)16-19(17,18)12-8-6-11(15)7-9-12/h6-9,13,16H,3-5,10,15H2,1-2H3. The summed E-state index contributed by atoms with van der Waals surface area (Å²) in [5.41, 5.74) is 6.16. The lowest BCUT2D eigenvalue weighted by molar-refractivity contribution is 0.188. The molecule has 1 aliphatic carbocycles. The molecule has 0 aliphatic heterocycles. The van der Waals surface area contributed by atoms with Crippen LogP contribution in [0.1, 0.15) is 39.5 Å². The van der Waals surface area contributed by atoms with Crippen molar-refractivity contribution in [3.05, 3.63) is 24.3 Å². The Morgan fingerprint density at radius 3 is 2.42 bits per heavy atom. The van der Waals surface area contributed by atoms with Crippen LogP contribution in [0.15, 0.2) is 29.2 Å². The monoisotopic (exact) mass is 282 g/mol. The van der Waals surface area contributed by atoms with Gasteiger partial charge in [-0.1, -0.05) is 26.7 Å². The third-order valence-electron chi connectivity index (χ3n) is 4.00. The van der Waals surface area contributed by atoms with Gasteiger partial charge >= 0.3 is 0 Å². The molecule has 0 heterocycles. The van der Waals surface area contributed by atoms with Gasteiger partial charge in [0.2, 0.25) is 10.0 Å². The molecule has 2 rings (SSSR count). The van der Waals surface area contributed by atoms with Crippen molar-refractivity contribution in [2.45, 2.75) is 50.5 Å². The highest BCUT2D eigenvalue weighted by Crippen LogP contribution is 2.36. The third-order valence-corrected chi connectivity index (χ3v) is 5.48. The van der Waals surface area contributed by atoms with Gasteiger partial charge in [-0.15, -0.1) is 0 Å². The SMILES string of the molecule is CC1(C)CCCCC1NS(=O)(=O)c1ccc(N)cc1. The Balaban J connectivity index is 2.19. The summed E-state index contributed by atoms with van der Waals surface area (Å²) in [5, 5.41) is 0. The van der Waals surface area contributed by atoms with Gasteiger partial charge in [0.15, 0.2) is 0 Å². The molecule has 1 saturated carbocycles. The van der Waals surface area contributed by atoms with Gasteiger partial charge in [-0.2, -0.15) is 0 Å². The molecule has 4 nitrogen and oxygen atoms in total. The summed E-state index contributed by atoms with van der Waals surface area (Å²) in [5.74, 6) is 0. The molecule has 1 aliphatic rings. The van der Waals surface area contributed by atoms with E-state index in [1.807, 2.05) is 0 Å². The molecule has 1 atom stereocenters. The minimum Gasteiger partial charge on any atom is -0.399 e. The van der Waals surface area contributed by atoms with Gasteiger partial charge in [0.25, 0.3) is 0 Å². The predicted octanol–water partition coefficient (Wildman–Crippen LogP) is 2.52. The molecule has 0 aromatic heterocycles. The molecule has 0 bridgehead atoms. The van der Waals surface area contributed by atoms with E-state index in [0.717, 1.165) is 19.3 Å². The number of anilines is 1. The van der Waals surface area contributed by atoms with Crippen LogP contribution in [0.5, 0.6) is 0 Å². The predicted molar refractivity (Wildman–Crippen MR) is 77.2 cm³/mol. The van der Waals surface area contributed by atoms with E-state index in [0.29, 0.717) is 5.69 Å². The van der Waals surface area contributed by atoms with Crippen molar-refractivity contribution >= 4 is 15.7 Å². The number of hydrogen-bond acceptors (Lipinski definition) is 3. The fourth-order valence-corrected chi connectivity index (χ4v) is 4.06. The second-order valence-electron chi connectivity index (χ2n) is 5.98. The molecule has 0 radical (unpaired) electrons. The van der Waals surface area contributed by atoms with E-state index in [1.54, 1.807) is 24.3 Å². The minimum atomic E-state index is -3.45. The Labute approximate surface area is 115 Å². The molecule has 19 heavy (non-hydrogen) atoms. The zero-order valence-corrected chi connectivity index (χ0v) is 12.3. The quantitative estimate of drug-likeness (QED) is 0.837. The Morgan fingerprint density at radius 1 is 1.21 bits per heavy atom. The van der Waals surface area contributed by atoms with Gasteiger partial charge in [0, 0.05) is 11.7 Å². The largest absolute Gasteiger partial charge is 0.399 e. The second-order valence-corrected chi connectivity index (χ2v) is 7.69. The van der Waals surface area contributed by atoms with Crippen LogP contribution in [0.4, 0.5) is 5.69 Å². The van der Waals surface area contributed by atoms with Crippen LogP contribution in [0.25, 0.3) is 0 Å². The van der Waals surface area contributed by atoms with Gasteiger partial charge in [-0.3, -0.25) is 0 Å². The van der Waals surface area contributed by atoms with Crippen molar-refractivity contribution in [2.75, 3.05) is 5.73 Å². The maximum absolute atomic E-state index is 12.3. The molecule has 1 unspecified atom stereocenters. The lowest BCUT2D eigenvalue weighted by Crippen LogP contribution is -2.46. The summed E-state index contributed by atoms with van der Waals surface area (Å²) in [4.78, 5) is 0.281. The molecule has 0 spiro atoms. The molecular formula is C14H22N2O2S. The van der Waals surface area contributed by atoms with E-state index < -0.39 is 10.0 Å². The molecule has 106 valence electrons. The Bertz CT molecular complexity index is 535. The first kappa shape index (κ1) is 14.3. The second kappa shape index (κ2) is 5.13. The van der Waals surface area contributed by atoms with Crippen molar-refractivity contribution in [1.82, 2.24) is 4.72 Å². The van der Waals surface area contributed by atoms with E-state index in [-0.39, 0.29) is 16.4 Å². The van der Waals surface area contributed by atoms with Gasteiger partial charge in [0.05, 0.1) is 4.90 Å². The topological polar surface area (TPSA) is 72.2 Å². The van der Waals surface area contributed by atoms with Gasteiger partial charge in [0.1, 0.15) is 0 Å². The van der Waals surface area contributed by atoms with E-state index >= 15 is 0 Å². The van der Waals surface area contributed by atoms with Gasteiger partial charge in [-0.25, -0.2) is 13.1 Å². The minimum absolute atomic E-state index is 0.00352. The van der Waals surface area contributed by atoms with E-state index in [1.165, 1.54) is 6.42 Å². The highest BCUT2D eigenvalue weighted by atomic mass is 32.2. The summed E-state index contributed by atoms with van der Waals surface area (Å²) in [6.07, 6.45) is 4.22. The summed E-state index contributed by atoms with van der Waals surface area (Å²) >= 11 is 0. The Hall–Kier alpha value is -1.07. The zero-order valence-electron chi connectivity index (χ0n) is 11.5. The molecule has 3 N–H and O–H groups in total. The van der Waals surface area contributed by atoms with Crippen molar-refractivity contribution in [1.29, 1.82) is 0 Å². The van der Waals surface area contributed by atoms with E-state index in [9.17, 15) is 8.42 Å². The summed E-state index contributed by atoms with van der Waals surface area (Å²) in [6.45, 7) is 4.25. The highest BCUT2D eigenvalue weighted by molar-refractivity contribution is 7.89. The molecule has 0 saturated heterocycles. The summed E-state index contributed by atoms with van der Waals surface area (Å²) in [6, 6.07) is 6.33. The zero-order chi connectivity index (χ0) is 14.1. The molecule has 1 fully saturated rings. The van der Waals surface area contributed by atoms with E-state index in [2.05, 4.69) is 18.6 Å². The number of benzene rings is 1. The number of sulfonamides is 1. The van der Waals surface area contributed by atoms with Crippen molar-refractivity contribution < 1.29 is 8.42 Å². The average molecular weight is 282 g/mol. The number of hydrogen-bond donors (Lipinski definition) is 2. The van der Waals surface area contributed by atoms with Crippen LogP contribution >= 0.6 is 0 Å². The number of nitrogens with two attached hydrogens (primary N) is 1. The first-order valence-corrected chi connectivity index (χ1v) is 8.17. The first-order valence-electron chi connectivity index (χ1n) is 6.69. The molecule has 0 amide bonds. The van der Waals surface area contributed by atoms with Crippen LogP contribution in [-0.4, -0.2) is 14.5 Å². The molecule has 1 aromatic carbocycles. The van der Waals surface area contributed by atoms with Gasteiger partial charge in [-0.05, 0) is 42.5 Å². The maximum atomic E-state index is 12.3. The molecule has 1 aromatic rings. The van der Waals surface area contributed by atoms with Crippen LogP contribution in [0.2, 0.25) is 0 Å². The summed E-state index contributed by atoms with van der Waals surface area (Å²) < 4.78 is 27.5. The van der Waals surface area contributed by atoms with Gasteiger partial charge < -0.3 is 5.73 Å². The fraction of sp³-hybridized carbons (Fsp3) is 0.571. The highest BCUT2D eigenvalue weighted by Gasteiger charge is 2.35. The van der Waals surface area contributed by atoms with Crippen molar-refractivity contribution in [3.63, 3.8) is 0 Å². The maximum Gasteiger partial charge on any atom is 0.240 e.